The van der Waals surface area contributed by atoms with Crippen molar-refractivity contribution in [1.82, 2.24) is 4.90 Å². The van der Waals surface area contributed by atoms with Gasteiger partial charge in [0.25, 0.3) is 0 Å². The van der Waals surface area contributed by atoms with E-state index in [1.165, 1.54) is 11.1 Å². The van der Waals surface area contributed by atoms with Crippen molar-refractivity contribution in [3.63, 3.8) is 0 Å². The predicted molar refractivity (Wildman–Crippen MR) is 115 cm³/mol. The monoisotopic (exact) mass is 393 g/mol. The Kier molecular flexibility index (Phi) is 8.32. The molecule has 0 fully saturated rings. The van der Waals surface area contributed by atoms with Crippen LogP contribution in [0.25, 0.3) is 0 Å². The fraction of sp³-hybridized carbons (Fsp3) is 0.400. The van der Waals surface area contributed by atoms with E-state index >= 15 is 0 Å². The minimum atomic E-state index is -0.162. The molecular weight excluding hydrogens is 362 g/mol. The smallest absolute Gasteiger partial charge is 0.335 e. The Balaban J connectivity index is 1.63. The van der Waals surface area contributed by atoms with Gasteiger partial charge in [-0.25, -0.2) is 4.79 Å². The number of benzene rings is 2. The summed E-state index contributed by atoms with van der Waals surface area (Å²) < 4.78 is 11.2. The van der Waals surface area contributed by atoms with Gasteiger partial charge in [0.15, 0.2) is 0 Å². The molecule has 3 rings (SSSR count). The summed E-state index contributed by atoms with van der Waals surface area (Å²) in [7, 11) is 0. The summed E-state index contributed by atoms with van der Waals surface area (Å²) in [6, 6.07) is 20.6. The zero-order valence-electron chi connectivity index (χ0n) is 17.3. The van der Waals surface area contributed by atoms with Crippen LogP contribution in [-0.2, 0) is 27.4 Å². The van der Waals surface area contributed by atoms with Gasteiger partial charge in [-0.15, -0.1) is 0 Å². The van der Waals surface area contributed by atoms with E-state index in [1.54, 1.807) is 0 Å². The summed E-state index contributed by atoms with van der Waals surface area (Å²) in [6.07, 6.45) is 3.49. The van der Waals surface area contributed by atoms with E-state index in [1.807, 2.05) is 31.2 Å². The molecule has 29 heavy (non-hydrogen) atoms. The van der Waals surface area contributed by atoms with Gasteiger partial charge in [0.1, 0.15) is 0 Å². The molecule has 0 spiro atoms. The van der Waals surface area contributed by atoms with Crippen molar-refractivity contribution in [2.45, 2.75) is 45.8 Å². The zero-order chi connectivity index (χ0) is 20.3. The van der Waals surface area contributed by atoms with Crippen LogP contribution in [0.1, 0.15) is 43.7 Å². The second-order valence-electron chi connectivity index (χ2n) is 7.30. The average molecular weight is 394 g/mol. The lowest BCUT2D eigenvalue weighted by Crippen LogP contribution is -2.31. The lowest BCUT2D eigenvalue weighted by Gasteiger charge is -2.33. The number of hydrogen-bond acceptors (Lipinski definition) is 4. The average Bonchev–Trinajstić information content (AvgIpc) is 2.76. The zero-order valence-corrected chi connectivity index (χ0v) is 17.3. The number of esters is 1. The number of rotatable bonds is 10. The minimum absolute atomic E-state index is 0.162. The van der Waals surface area contributed by atoms with E-state index in [2.05, 4.69) is 41.3 Å². The van der Waals surface area contributed by atoms with Crippen LogP contribution in [0.3, 0.4) is 0 Å². The molecule has 0 atom stereocenters. The number of carbonyl (C=O) groups excluding carboxylic acids is 1. The molecule has 0 unspecified atom stereocenters. The quantitative estimate of drug-likeness (QED) is 0.416. The molecule has 0 N–H and O–H groups in total. The first kappa shape index (κ1) is 21.1. The van der Waals surface area contributed by atoms with E-state index in [0.717, 1.165) is 50.0 Å². The summed E-state index contributed by atoms with van der Waals surface area (Å²) in [5.41, 5.74) is 4.41. The molecule has 2 aromatic carbocycles. The Morgan fingerprint density at radius 1 is 1.00 bits per heavy atom. The SMILES string of the molecule is CCOC(=O)C1=C(CCCOCc2ccccc2)N(Cc2ccccc2)CCC1. The first-order valence-corrected chi connectivity index (χ1v) is 10.6. The van der Waals surface area contributed by atoms with Crippen molar-refractivity contribution in [3.05, 3.63) is 83.1 Å². The molecule has 4 nitrogen and oxygen atoms in total. The second-order valence-corrected chi connectivity index (χ2v) is 7.30. The van der Waals surface area contributed by atoms with Crippen LogP contribution >= 0.6 is 0 Å². The number of allylic oxidation sites excluding steroid dienone is 1. The standard InChI is InChI=1S/C25H31NO3/c1-2-29-25(27)23-15-9-17-26(19-21-11-5-3-6-12-21)24(23)16-10-18-28-20-22-13-7-4-8-14-22/h3-8,11-14H,2,9-10,15-20H2,1H3. The van der Waals surface area contributed by atoms with Crippen molar-refractivity contribution >= 4 is 5.97 Å². The third-order valence-electron chi connectivity index (χ3n) is 5.14. The van der Waals surface area contributed by atoms with Crippen LogP contribution in [0.5, 0.6) is 0 Å². The lowest BCUT2D eigenvalue weighted by molar-refractivity contribution is -0.139. The number of ether oxygens (including phenoxy) is 2. The molecule has 154 valence electrons. The van der Waals surface area contributed by atoms with E-state index < -0.39 is 0 Å². The second kappa shape index (κ2) is 11.4. The highest BCUT2D eigenvalue weighted by Crippen LogP contribution is 2.28. The first-order valence-electron chi connectivity index (χ1n) is 10.6. The van der Waals surface area contributed by atoms with Crippen molar-refractivity contribution in [3.8, 4) is 0 Å². The van der Waals surface area contributed by atoms with Crippen LogP contribution in [0.2, 0.25) is 0 Å². The molecule has 0 saturated heterocycles. The largest absolute Gasteiger partial charge is 0.463 e. The Morgan fingerprint density at radius 3 is 2.38 bits per heavy atom. The molecular formula is C25H31NO3. The maximum absolute atomic E-state index is 12.5. The Morgan fingerprint density at radius 2 is 1.69 bits per heavy atom. The van der Waals surface area contributed by atoms with Crippen molar-refractivity contribution in [2.75, 3.05) is 19.8 Å². The van der Waals surface area contributed by atoms with Crippen molar-refractivity contribution in [1.29, 1.82) is 0 Å². The third-order valence-corrected chi connectivity index (χ3v) is 5.14. The fourth-order valence-corrected chi connectivity index (χ4v) is 3.75. The van der Waals surface area contributed by atoms with Gasteiger partial charge in [-0.3, -0.25) is 0 Å². The van der Waals surface area contributed by atoms with Crippen molar-refractivity contribution < 1.29 is 14.3 Å². The molecule has 2 aromatic rings. The van der Waals surface area contributed by atoms with E-state index in [9.17, 15) is 4.79 Å². The third kappa shape index (κ3) is 6.47. The molecule has 0 bridgehead atoms. The molecule has 0 aliphatic carbocycles. The van der Waals surface area contributed by atoms with Gasteiger partial charge >= 0.3 is 5.97 Å². The van der Waals surface area contributed by atoms with Gasteiger partial charge in [-0.05, 0) is 43.7 Å². The molecule has 0 amide bonds. The first-order chi connectivity index (χ1) is 14.3. The van der Waals surface area contributed by atoms with Crippen LogP contribution in [0.4, 0.5) is 0 Å². The van der Waals surface area contributed by atoms with Crippen molar-refractivity contribution in [2.24, 2.45) is 0 Å². The molecule has 0 radical (unpaired) electrons. The predicted octanol–water partition coefficient (Wildman–Crippen LogP) is 5.10. The summed E-state index contributed by atoms with van der Waals surface area (Å²) in [5.74, 6) is -0.162. The molecule has 1 heterocycles. The summed E-state index contributed by atoms with van der Waals surface area (Å²) >= 11 is 0. The Hall–Kier alpha value is -2.59. The van der Waals surface area contributed by atoms with Gasteiger partial charge in [-0.1, -0.05) is 60.7 Å². The molecule has 1 aliphatic heterocycles. The van der Waals surface area contributed by atoms with Gasteiger partial charge in [0, 0.05) is 25.4 Å². The van der Waals surface area contributed by atoms with E-state index in [4.69, 9.17) is 9.47 Å². The maximum atomic E-state index is 12.5. The number of nitrogens with zero attached hydrogens (tertiary/aromatic N) is 1. The Bertz CT molecular complexity index is 786. The van der Waals surface area contributed by atoms with Crippen LogP contribution in [0, 0.1) is 0 Å². The van der Waals surface area contributed by atoms with Crippen LogP contribution in [0.15, 0.2) is 71.9 Å². The van der Waals surface area contributed by atoms with E-state index in [-0.39, 0.29) is 5.97 Å². The highest BCUT2D eigenvalue weighted by molar-refractivity contribution is 5.89. The maximum Gasteiger partial charge on any atom is 0.335 e. The minimum Gasteiger partial charge on any atom is -0.463 e. The fourth-order valence-electron chi connectivity index (χ4n) is 3.75. The number of hydrogen-bond donors (Lipinski definition) is 0. The summed E-state index contributed by atoms with van der Waals surface area (Å²) in [4.78, 5) is 14.9. The molecule has 0 aromatic heterocycles. The molecule has 4 heteroatoms. The van der Waals surface area contributed by atoms with Crippen LogP contribution in [-0.4, -0.2) is 30.6 Å². The molecule has 1 aliphatic rings. The van der Waals surface area contributed by atoms with Gasteiger partial charge in [0.05, 0.1) is 18.8 Å². The highest BCUT2D eigenvalue weighted by Gasteiger charge is 2.25. The summed E-state index contributed by atoms with van der Waals surface area (Å²) in [5, 5.41) is 0. The number of carbonyl (C=O) groups is 1. The molecule has 0 saturated carbocycles. The van der Waals surface area contributed by atoms with Gasteiger partial charge < -0.3 is 14.4 Å². The Labute approximate surface area is 174 Å². The lowest BCUT2D eigenvalue weighted by atomic mass is 9.98. The van der Waals surface area contributed by atoms with E-state index in [0.29, 0.717) is 19.8 Å². The van der Waals surface area contributed by atoms with Crippen LogP contribution < -0.4 is 0 Å². The highest BCUT2D eigenvalue weighted by atomic mass is 16.5. The van der Waals surface area contributed by atoms with Gasteiger partial charge in [0.2, 0.25) is 0 Å². The summed E-state index contributed by atoms with van der Waals surface area (Å²) in [6.45, 7) is 5.36. The topological polar surface area (TPSA) is 38.8 Å². The normalized spacial score (nSPS) is 14.2. The van der Waals surface area contributed by atoms with Gasteiger partial charge in [-0.2, -0.15) is 0 Å².